The van der Waals surface area contributed by atoms with Gasteiger partial charge in [-0.25, -0.2) is 0 Å². The number of rotatable bonds is 1. The number of Topliss-reactive ketones (excluding diaryl/α,β-unsaturated/α-hetero) is 1. The standard InChI is InChI=1S/C9H12O/c1-2-8-6-3-4-7(5-6)9(8)10/h2,6-8H,1,3-5H2/t6-,7+,8?/m1/s1. The summed E-state index contributed by atoms with van der Waals surface area (Å²) in [4.78, 5) is 11.3. The van der Waals surface area contributed by atoms with Gasteiger partial charge in [-0.1, -0.05) is 6.08 Å². The summed E-state index contributed by atoms with van der Waals surface area (Å²) in [6.45, 7) is 3.69. The largest absolute Gasteiger partial charge is 0.299 e. The molecule has 54 valence electrons. The molecule has 1 heteroatoms. The average molecular weight is 136 g/mol. The zero-order valence-electron chi connectivity index (χ0n) is 6.05. The number of fused-ring (bicyclic) bond motifs is 2. The van der Waals surface area contributed by atoms with E-state index in [1.165, 1.54) is 6.42 Å². The summed E-state index contributed by atoms with van der Waals surface area (Å²) < 4.78 is 0. The number of hydrogen-bond acceptors (Lipinski definition) is 1. The minimum atomic E-state index is 0.221. The highest BCUT2D eigenvalue weighted by Crippen LogP contribution is 2.46. The number of carbonyl (C=O) groups excluding carboxylic acids is 1. The van der Waals surface area contributed by atoms with Crippen molar-refractivity contribution in [1.29, 1.82) is 0 Å². The number of hydrogen-bond donors (Lipinski definition) is 0. The monoisotopic (exact) mass is 136 g/mol. The molecule has 0 N–H and O–H groups in total. The van der Waals surface area contributed by atoms with Gasteiger partial charge in [0.15, 0.2) is 0 Å². The van der Waals surface area contributed by atoms with Gasteiger partial charge in [-0.3, -0.25) is 4.79 Å². The van der Waals surface area contributed by atoms with Crippen molar-refractivity contribution >= 4 is 5.78 Å². The van der Waals surface area contributed by atoms with Crippen molar-refractivity contribution in [3.05, 3.63) is 12.7 Å². The zero-order valence-corrected chi connectivity index (χ0v) is 6.05. The molecular formula is C9H12O. The quantitative estimate of drug-likeness (QED) is 0.502. The van der Waals surface area contributed by atoms with Crippen molar-refractivity contribution in [2.24, 2.45) is 17.8 Å². The molecule has 2 fully saturated rings. The van der Waals surface area contributed by atoms with Crippen molar-refractivity contribution in [2.45, 2.75) is 19.3 Å². The molecule has 0 aromatic heterocycles. The Labute approximate surface area is 61.1 Å². The molecule has 10 heavy (non-hydrogen) atoms. The van der Waals surface area contributed by atoms with Gasteiger partial charge in [0, 0.05) is 11.8 Å². The van der Waals surface area contributed by atoms with Crippen molar-refractivity contribution in [3.8, 4) is 0 Å². The lowest BCUT2D eigenvalue weighted by Crippen LogP contribution is -2.19. The normalized spacial score (nSPS) is 44.4. The summed E-state index contributed by atoms with van der Waals surface area (Å²) in [5.74, 6) is 1.76. The van der Waals surface area contributed by atoms with E-state index in [9.17, 15) is 4.79 Å². The minimum absolute atomic E-state index is 0.221. The third-order valence-corrected chi connectivity index (χ3v) is 2.97. The van der Waals surface area contributed by atoms with E-state index < -0.39 is 0 Å². The Balaban J connectivity index is 2.24. The predicted octanol–water partition coefficient (Wildman–Crippen LogP) is 1.79. The van der Waals surface area contributed by atoms with Crippen LogP contribution in [0, 0.1) is 17.8 Å². The molecule has 2 saturated carbocycles. The summed E-state index contributed by atoms with van der Waals surface area (Å²) in [6.07, 6.45) is 5.39. The highest BCUT2D eigenvalue weighted by atomic mass is 16.1. The van der Waals surface area contributed by atoms with Crippen LogP contribution in [-0.2, 0) is 4.79 Å². The fourth-order valence-corrected chi connectivity index (χ4v) is 2.41. The molecule has 2 bridgehead atoms. The first-order valence-corrected chi connectivity index (χ1v) is 3.99. The molecule has 0 aromatic rings. The molecule has 0 amide bonds. The molecule has 1 unspecified atom stereocenters. The molecule has 0 heterocycles. The van der Waals surface area contributed by atoms with E-state index in [4.69, 9.17) is 0 Å². The lowest BCUT2D eigenvalue weighted by atomic mass is 9.88. The fraction of sp³-hybridized carbons (Fsp3) is 0.667. The van der Waals surface area contributed by atoms with Gasteiger partial charge in [-0.2, -0.15) is 0 Å². The maximum Gasteiger partial charge on any atom is 0.143 e. The van der Waals surface area contributed by atoms with Gasteiger partial charge in [-0.05, 0) is 25.2 Å². The van der Waals surface area contributed by atoms with Crippen LogP contribution in [-0.4, -0.2) is 5.78 Å². The van der Waals surface area contributed by atoms with Crippen LogP contribution < -0.4 is 0 Å². The SMILES string of the molecule is C=CC1C(=O)[C@H]2CC[C@@H]1C2. The first-order chi connectivity index (χ1) is 4.83. The second kappa shape index (κ2) is 1.94. The van der Waals surface area contributed by atoms with E-state index >= 15 is 0 Å². The van der Waals surface area contributed by atoms with Gasteiger partial charge >= 0.3 is 0 Å². The van der Waals surface area contributed by atoms with Crippen molar-refractivity contribution in [3.63, 3.8) is 0 Å². The maximum atomic E-state index is 11.3. The average Bonchev–Trinajstić information content (AvgIpc) is 2.46. The molecule has 3 atom stereocenters. The van der Waals surface area contributed by atoms with Crippen LogP contribution in [0.2, 0.25) is 0 Å². The summed E-state index contributed by atoms with van der Waals surface area (Å²) >= 11 is 0. The second-order valence-electron chi connectivity index (χ2n) is 3.43. The molecule has 0 aromatic carbocycles. The zero-order chi connectivity index (χ0) is 7.14. The van der Waals surface area contributed by atoms with Crippen molar-refractivity contribution in [1.82, 2.24) is 0 Å². The Bertz CT molecular complexity index is 183. The third kappa shape index (κ3) is 0.606. The Hall–Kier alpha value is -0.590. The fourth-order valence-electron chi connectivity index (χ4n) is 2.41. The van der Waals surface area contributed by atoms with Crippen LogP contribution in [0.5, 0.6) is 0 Å². The highest BCUT2D eigenvalue weighted by molar-refractivity contribution is 5.88. The van der Waals surface area contributed by atoms with Crippen LogP contribution >= 0.6 is 0 Å². The third-order valence-electron chi connectivity index (χ3n) is 2.97. The Morgan fingerprint density at radius 2 is 2.30 bits per heavy atom. The van der Waals surface area contributed by atoms with Crippen LogP contribution in [0.15, 0.2) is 12.7 Å². The second-order valence-corrected chi connectivity index (χ2v) is 3.43. The lowest BCUT2D eigenvalue weighted by molar-refractivity contribution is -0.124. The summed E-state index contributed by atoms with van der Waals surface area (Å²) in [6, 6.07) is 0. The van der Waals surface area contributed by atoms with Gasteiger partial charge in [0.25, 0.3) is 0 Å². The molecule has 1 nitrogen and oxygen atoms in total. The smallest absolute Gasteiger partial charge is 0.143 e. The van der Waals surface area contributed by atoms with Crippen LogP contribution in [0.4, 0.5) is 0 Å². The highest BCUT2D eigenvalue weighted by Gasteiger charge is 2.44. The van der Waals surface area contributed by atoms with Gasteiger partial charge in [0.2, 0.25) is 0 Å². The molecule has 0 aliphatic heterocycles. The Morgan fingerprint density at radius 1 is 1.50 bits per heavy atom. The summed E-state index contributed by atoms with van der Waals surface area (Å²) in [5.41, 5.74) is 0. The van der Waals surface area contributed by atoms with Crippen LogP contribution in [0.1, 0.15) is 19.3 Å². The molecule has 2 aliphatic carbocycles. The van der Waals surface area contributed by atoms with Gasteiger partial charge in [-0.15, -0.1) is 6.58 Å². The molecule has 2 aliphatic rings. The number of ketones is 1. The van der Waals surface area contributed by atoms with Gasteiger partial charge in [0.05, 0.1) is 0 Å². The molecule has 2 rings (SSSR count). The van der Waals surface area contributed by atoms with Gasteiger partial charge in [0.1, 0.15) is 5.78 Å². The van der Waals surface area contributed by atoms with Crippen molar-refractivity contribution < 1.29 is 4.79 Å². The van der Waals surface area contributed by atoms with E-state index in [1.807, 2.05) is 6.08 Å². The minimum Gasteiger partial charge on any atom is -0.299 e. The first-order valence-electron chi connectivity index (χ1n) is 3.99. The van der Waals surface area contributed by atoms with Gasteiger partial charge < -0.3 is 0 Å². The van der Waals surface area contributed by atoms with Crippen LogP contribution in [0.25, 0.3) is 0 Å². The van der Waals surface area contributed by atoms with Crippen molar-refractivity contribution in [2.75, 3.05) is 0 Å². The molecule has 0 radical (unpaired) electrons. The van der Waals surface area contributed by atoms with E-state index in [0.29, 0.717) is 17.6 Å². The molecular weight excluding hydrogens is 124 g/mol. The Morgan fingerprint density at radius 3 is 2.70 bits per heavy atom. The van der Waals surface area contributed by atoms with E-state index in [0.717, 1.165) is 12.8 Å². The maximum absolute atomic E-state index is 11.3. The first kappa shape index (κ1) is 6.14. The Kier molecular flexibility index (Phi) is 1.19. The number of carbonyl (C=O) groups is 1. The molecule has 0 spiro atoms. The lowest BCUT2D eigenvalue weighted by Gasteiger charge is -2.15. The topological polar surface area (TPSA) is 17.1 Å². The predicted molar refractivity (Wildman–Crippen MR) is 39.5 cm³/mol. The summed E-state index contributed by atoms with van der Waals surface area (Å²) in [5, 5.41) is 0. The molecule has 0 saturated heterocycles. The van der Waals surface area contributed by atoms with Crippen LogP contribution in [0.3, 0.4) is 0 Å². The van der Waals surface area contributed by atoms with E-state index in [-0.39, 0.29) is 5.92 Å². The van der Waals surface area contributed by atoms with E-state index in [1.54, 1.807) is 0 Å². The van der Waals surface area contributed by atoms with E-state index in [2.05, 4.69) is 6.58 Å². The number of allylic oxidation sites excluding steroid dienone is 1. The summed E-state index contributed by atoms with van der Waals surface area (Å²) in [7, 11) is 0.